The third kappa shape index (κ3) is 5.44. The Labute approximate surface area is 446 Å². The van der Waals surface area contributed by atoms with Gasteiger partial charge in [-0.3, -0.25) is 0 Å². The molecule has 0 N–H and O–H groups in total. The van der Waals surface area contributed by atoms with E-state index in [1.807, 2.05) is 0 Å². The van der Waals surface area contributed by atoms with Crippen LogP contribution >= 0.6 is 0 Å². The SMILES string of the molecule is c1ccc(C2(c3ccc(N(c4ccc(-n5c6ccccc6c6ccccc65)cc4)c4cccc5c4-c4ccccc4C54c5ccccc5-n5c6ccccc6c6cccc4c65)cc3)c3ccccc3-c3ccccc32)cc1. The van der Waals surface area contributed by atoms with Crippen LogP contribution < -0.4 is 4.90 Å². The van der Waals surface area contributed by atoms with Gasteiger partial charge in [-0.05, 0) is 128 Å². The molecule has 2 aliphatic carbocycles. The second kappa shape index (κ2) is 15.8. The number of fused-ring (bicyclic) bond motifs is 18. The summed E-state index contributed by atoms with van der Waals surface area (Å²) in [6, 6.07) is 107. The maximum Gasteiger partial charge on any atom is 0.0755 e. The van der Waals surface area contributed by atoms with Crippen LogP contribution in [-0.2, 0) is 10.8 Å². The first-order valence-electron chi connectivity index (χ1n) is 26.8. The number of rotatable bonds is 6. The second-order valence-electron chi connectivity index (χ2n) is 21.0. The van der Waals surface area contributed by atoms with E-state index in [2.05, 4.69) is 299 Å². The van der Waals surface area contributed by atoms with Crippen molar-refractivity contribution in [3.8, 4) is 33.6 Å². The Morgan fingerprint density at radius 1 is 0.273 bits per heavy atom. The zero-order valence-electron chi connectivity index (χ0n) is 42.0. The van der Waals surface area contributed by atoms with E-state index in [0.29, 0.717) is 0 Å². The molecule has 3 heterocycles. The second-order valence-corrected chi connectivity index (χ2v) is 21.0. The molecule has 0 saturated carbocycles. The van der Waals surface area contributed by atoms with Gasteiger partial charge >= 0.3 is 0 Å². The van der Waals surface area contributed by atoms with E-state index >= 15 is 0 Å². The fraction of sp³-hybridized carbons (Fsp3) is 0.0270. The average molecular weight is 978 g/mol. The molecule has 1 spiro atoms. The summed E-state index contributed by atoms with van der Waals surface area (Å²) in [5.41, 5.74) is 24.8. The van der Waals surface area contributed by atoms with Gasteiger partial charge in [0.25, 0.3) is 0 Å². The van der Waals surface area contributed by atoms with Crippen molar-refractivity contribution in [3.05, 3.63) is 330 Å². The Morgan fingerprint density at radius 2 is 0.714 bits per heavy atom. The molecule has 3 nitrogen and oxygen atoms in total. The van der Waals surface area contributed by atoms with E-state index in [1.54, 1.807) is 0 Å². The van der Waals surface area contributed by atoms with Gasteiger partial charge in [0, 0.05) is 44.2 Å². The Morgan fingerprint density at radius 3 is 1.36 bits per heavy atom. The first-order valence-corrected chi connectivity index (χ1v) is 26.8. The van der Waals surface area contributed by atoms with Crippen LogP contribution in [0.3, 0.4) is 0 Å². The Balaban J connectivity index is 0.921. The molecule has 0 radical (unpaired) electrons. The van der Waals surface area contributed by atoms with Gasteiger partial charge in [-0.1, -0.05) is 218 Å². The molecule has 358 valence electrons. The maximum absolute atomic E-state index is 2.53. The van der Waals surface area contributed by atoms with Crippen molar-refractivity contribution in [3.63, 3.8) is 0 Å². The lowest BCUT2D eigenvalue weighted by Gasteiger charge is -2.39. The van der Waals surface area contributed by atoms with E-state index in [1.165, 1.54) is 116 Å². The molecule has 14 aromatic rings. The fourth-order valence-electron chi connectivity index (χ4n) is 14.7. The van der Waals surface area contributed by atoms with Crippen molar-refractivity contribution in [1.29, 1.82) is 0 Å². The van der Waals surface area contributed by atoms with Gasteiger partial charge in [0.1, 0.15) is 0 Å². The summed E-state index contributed by atoms with van der Waals surface area (Å²) in [6.45, 7) is 0. The van der Waals surface area contributed by atoms with E-state index < -0.39 is 10.8 Å². The summed E-state index contributed by atoms with van der Waals surface area (Å²) in [6.07, 6.45) is 0. The van der Waals surface area contributed by atoms with E-state index in [-0.39, 0.29) is 0 Å². The number of nitrogens with zero attached hydrogens (tertiary/aromatic N) is 3. The van der Waals surface area contributed by atoms with Gasteiger partial charge in [0.2, 0.25) is 0 Å². The lowest BCUT2D eigenvalue weighted by molar-refractivity contribution is 0.748. The molecule has 0 saturated heterocycles. The number of hydrogen-bond donors (Lipinski definition) is 0. The molecule has 0 amide bonds. The van der Waals surface area contributed by atoms with Gasteiger partial charge < -0.3 is 14.0 Å². The molecule has 3 aliphatic rings. The summed E-state index contributed by atoms with van der Waals surface area (Å²) in [4.78, 5) is 2.52. The van der Waals surface area contributed by atoms with Crippen molar-refractivity contribution in [2.24, 2.45) is 0 Å². The van der Waals surface area contributed by atoms with Crippen LogP contribution in [0.4, 0.5) is 17.1 Å². The average Bonchev–Trinajstić information content (AvgIpc) is 4.40. The lowest BCUT2D eigenvalue weighted by Crippen LogP contribution is -2.33. The van der Waals surface area contributed by atoms with E-state index in [4.69, 9.17) is 0 Å². The standard InChI is InChI=1S/C74H47N3/c1-2-20-48(21-3-1)73(60-29-10-4-22-53(60)54-23-5-11-30-61(54)73)49-40-42-50(43-41-49)75(51-44-46-52(47-45-51)76-66-35-14-7-24-55(66)56-25-8-15-36-67(56)76)70-39-19-33-64-71(70)59-27-6-12-31-62(59)74(64)63-32-13-17-38-69(63)77-68-37-16-9-26-57(68)58-28-18-34-65(74)72(58)77/h1-47H. The fourth-order valence-corrected chi connectivity index (χ4v) is 14.7. The number of hydrogen-bond acceptors (Lipinski definition) is 1. The molecule has 3 heteroatoms. The Bertz CT molecular complexity index is 4650. The highest BCUT2D eigenvalue weighted by molar-refractivity contribution is 6.13. The van der Waals surface area contributed by atoms with Crippen LogP contribution in [0.1, 0.15) is 44.5 Å². The zero-order valence-corrected chi connectivity index (χ0v) is 42.0. The van der Waals surface area contributed by atoms with Crippen LogP contribution in [0.25, 0.3) is 77.2 Å². The summed E-state index contributed by atoms with van der Waals surface area (Å²) in [5, 5.41) is 5.05. The van der Waals surface area contributed by atoms with Crippen molar-refractivity contribution < 1.29 is 0 Å². The van der Waals surface area contributed by atoms with E-state index in [9.17, 15) is 0 Å². The molecule has 0 fully saturated rings. The minimum atomic E-state index is -0.594. The topological polar surface area (TPSA) is 13.1 Å². The largest absolute Gasteiger partial charge is 0.310 e. The van der Waals surface area contributed by atoms with Crippen molar-refractivity contribution in [1.82, 2.24) is 9.13 Å². The van der Waals surface area contributed by atoms with Crippen LogP contribution in [0.15, 0.2) is 285 Å². The number of anilines is 3. The van der Waals surface area contributed by atoms with Crippen LogP contribution in [0.5, 0.6) is 0 Å². The molecule has 12 aromatic carbocycles. The summed E-state index contributed by atoms with van der Waals surface area (Å²) < 4.78 is 4.94. The van der Waals surface area contributed by atoms with Gasteiger partial charge in [-0.15, -0.1) is 0 Å². The smallest absolute Gasteiger partial charge is 0.0755 e. The Kier molecular flexibility index (Phi) is 8.69. The Hall–Kier alpha value is -9.96. The van der Waals surface area contributed by atoms with Crippen LogP contribution in [0, 0.1) is 0 Å². The van der Waals surface area contributed by atoms with Crippen molar-refractivity contribution in [2.75, 3.05) is 4.90 Å². The summed E-state index contributed by atoms with van der Waals surface area (Å²) >= 11 is 0. The third-order valence-electron chi connectivity index (χ3n) is 17.6. The highest BCUT2D eigenvalue weighted by Gasteiger charge is 2.52. The molecular formula is C74H47N3. The van der Waals surface area contributed by atoms with Crippen molar-refractivity contribution >= 4 is 60.7 Å². The molecule has 2 aromatic heterocycles. The monoisotopic (exact) mass is 977 g/mol. The molecular weight excluding hydrogens is 931 g/mol. The molecule has 1 unspecified atom stereocenters. The number of benzene rings is 12. The lowest BCUT2D eigenvalue weighted by atomic mass is 9.65. The van der Waals surface area contributed by atoms with Gasteiger partial charge in [0.05, 0.1) is 44.3 Å². The minimum absolute atomic E-state index is 0.515. The molecule has 0 bridgehead atoms. The first kappa shape index (κ1) is 42.4. The van der Waals surface area contributed by atoms with Gasteiger partial charge in [0.15, 0.2) is 0 Å². The summed E-state index contributed by atoms with van der Waals surface area (Å²) in [7, 11) is 0. The highest BCUT2D eigenvalue weighted by Crippen LogP contribution is 2.64. The van der Waals surface area contributed by atoms with E-state index in [0.717, 1.165) is 22.7 Å². The molecule has 77 heavy (non-hydrogen) atoms. The van der Waals surface area contributed by atoms with Crippen LogP contribution in [0.2, 0.25) is 0 Å². The van der Waals surface area contributed by atoms with Crippen molar-refractivity contribution in [2.45, 2.75) is 10.8 Å². The molecule has 17 rings (SSSR count). The molecule has 1 atom stereocenters. The highest BCUT2D eigenvalue weighted by atomic mass is 15.1. The maximum atomic E-state index is 2.53. The molecule has 1 aliphatic heterocycles. The van der Waals surface area contributed by atoms with Crippen LogP contribution in [-0.4, -0.2) is 9.13 Å². The minimum Gasteiger partial charge on any atom is -0.310 e. The predicted octanol–water partition coefficient (Wildman–Crippen LogP) is 18.4. The number of para-hydroxylation sites is 5. The third-order valence-corrected chi connectivity index (χ3v) is 17.6. The normalized spacial score (nSPS) is 15.2. The first-order chi connectivity index (χ1) is 38.2. The van der Waals surface area contributed by atoms with Gasteiger partial charge in [-0.2, -0.15) is 0 Å². The predicted molar refractivity (Wildman–Crippen MR) is 318 cm³/mol. The quantitative estimate of drug-likeness (QED) is 0.162. The summed E-state index contributed by atoms with van der Waals surface area (Å²) in [5.74, 6) is 0. The zero-order chi connectivity index (χ0) is 50.4. The van der Waals surface area contributed by atoms with Gasteiger partial charge in [-0.25, -0.2) is 0 Å². The number of aromatic nitrogens is 2.